The second kappa shape index (κ2) is 4.50. The van der Waals surface area contributed by atoms with Crippen molar-refractivity contribution in [2.24, 2.45) is 0 Å². The van der Waals surface area contributed by atoms with E-state index in [1.165, 1.54) is 20.0 Å². The summed E-state index contributed by atoms with van der Waals surface area (Å²) in [6, 6.07) is 1.80. The lowest BCUT2D eigenvalue weighted by Crippen LogP contribution is -2.41. The maximum absolute atomic E-state index is 12.5. The van der Waals surface area contributed by atoms with Gasteiger partial charge in [-0.3, -0.25) is 4.79 Å². The Morgan fingerprint density at radius 1 is 1.47 bits per heavy atom. The lowest BCUT2D eigenvalue weighted by atomic mass is 10.3. The Morgan fingerprint density at radius 3 is 2.53 bits per heavy atom. The Bertz CT molecular complexity index is 377. The molecule has 1 aromatic heterocycles. The van der Waals surface area contributed by atoms with Crippen molar-refractivity contribution in [1.29, 1.82) is 0 Å². The summed E-state index contributed by atoms with van der Waals surface area (Å²) >= 11 is 0. The first kappa shape index (κ1) is 11.1. The number of hydrogen-bond donors (Lipinski definition) is 1. The number of urea groups is 1. The van der Waals surface area contributed by atoms with Gasteiger partial charge in [0.1, 0.15) is 0 Å². The number of hydrogen-bond acceptors (Lipinski definition) is 3. The van der Waals surface area contributed by atoms with Crippen LogP contribution in [-0.2, 0) is 4.79 Å². The molecule has 0 radical (unpaired) electrons. The quantitative estimate of drug-likeness (QED) is 0.702. The number of amides is 3. The van der Waals surface area contributed by atoms with Crippen LogP contribution in [0.3, 0.4) is 0 Å². The molecule has 0 saturated carbocycles. The van der Waals surface area contributed by atoms with Crippen LogP contribution in [0.5, 0.6) is 0 Å². The van der Waals surface area contributed by atoms with Crippen molar-refractivity contribution in [2.45, 2.75) is 6.92 Å². The molecule has 1 N–H and O–H groups in total. The second-order valence-electron chi connectivity index (χ2n) is 2.75. The number of halogens is 1. The number of carbonyl (C=O) groups is 2. The molecule has 0 aliphatic carbocycles. The predicted octanol–water partition coefficient (Wildman–Crippen LogP) is 0.913. The fraction of sp³-hybridized carbons (Fsp3) is 0.222. The van der Waals surface area contributed by atoms with Crippen LogP contribution in [0.1, 0.15) is 6.92 Å². The minimum Gasteiger partial charge on any atom is -0.340 e. The van der Waals surface area contributed by atoms with Gasteiger partial charge in [-0.15, -0.1) is 0 Å². The molecular formula is C9H10FN3O2. The lowest BCUT2D eigenvalue weighted by Gasteiger charge is -2.17. The highest BCUT2D eigenvalue weighted by Crippen LogP contribution is 2.12. The highest BCUT2D eigenvalue weighted by Gasteiger charge is 2.18. The summed E-state index contributed by atoms with van der Waals surface area (Å²) in [7, 11) is 1.40. The Balaban J connectivity index is 3.04. The summed E-state index contributed by atoms with van der Waals surface area (Å²) < 4.78 is 12.5. The van der Waals surface area contributed by atoms with Crippen LogP contribution in [0.4, 0.5) is 14.9 Å². The molecule has 0 saturated heterocycles. The number of aromatic nitrogens is 1. The number of imide groups is 1. The van der Waals surface area contributed by atoms with Gasteiger partial charge >= 0.3 is 6.03 Å². The van der Waals surface area contributed by atoms with Crippen LogP contribution in [-0.4, -0.2) is 24.0 Å². The van der Waals surface area contributed by atoms with E-state index in [1.54, 1.807) is 0 Å². The highest BCUT2D eigenvalue weighted by atomic mass is 19.1. The zero-order valence-corrected chi connectivity index (χ0v) is 8.32. The van der Waals surface area contributed by atoms with Gasteiger partial charge in [0, 0.05) is 14.0 Å². The summed E-state index contributed by atoms with van der Waals surface area (Å²) in [5.74, 6) is -1.14. The molecule has 0 fully saturated rings. The first-order chi connectivity index (χ1) is 7.06. The van der Waals surface area contributed by atoms with Crippen molar-refractivity contribution in [2.75, 3.05) is 11.9 Å². The van der Waals surface area contributed by atoms with E-state index >= 15 is 0 Å². The molecule has 6 heteroatoms. The molecule has 1 rings (SSSR count). The van der Waals surface area contributed by atoms with Crippen molar-refractivity contribution in [3.05, 3.63) is 24.3 Å². The standard InChI is InChI=1S/C9H10FN3O2/c1-6(14)13(9(15)11-2)7-3-4-8(10)12-5-7/h3-5H,1-2H3,(H,11,15). The summed E-state index contributed by atoms with van der Waals surface area (Å²) in [4.78, 5) is 26.7. The third-order valence-corrected chi connectivity index (χ3v) is 1.70. The molecule has 5 nitrogen and oxygen atoms in total. The van der Waals surface area contributed by atoms with Gasteiger partial charge in [0.05, 0.1) is 11.9 Å². The van der Waals surface area contributed by atoms with Crippen LogP contribution < -0.4 is 10.2 Å². The molecular weight excluding hydrogens is 201 g/mol. The molecule has 0 aromatic carbocycles. The van der Waals surface area contributed by atoms with Crippen molar-refractivity contribution in [3.63, 3.8) is 0 Å². The molecule has 0 atom stereocenters. The Hall–Kier alpha value is -1.98. The Labute approximate surface area is 85.9 Å². The molecule has 80 valence electrons. The zero-order valence-electron chi connectivity index (χ0n) is 8.32. The first-order valence-electron chi connectivity index (χ1n) is 4.20. The van der Waals surface area contributed by atoms with Gasteiger partial charge in [-0.05, 0) is 12.1 Å². The lowest BCUT2D eigenvalue weighted by molar-refractivity contribution is -0.115. The monoisotopic (exact) mass is 211 g/mol. The Kier molecular flexibility index (Phi) is 3.33. The van der Waals surface area contributed by atoms with E-state index in [1.807, 2.05) is 0 Å². The first-order valence-corrected chi connectivity index (χ1v) is 4.20. The maximum atomic E-state index is 12.5. The minimum atomic E-state index is -0.667. The van der Waals surface area contributed by atoms with Crippen molar-refractivity contribution in [1.82, 2.24) is 10.3 Å². The number of rotatable bonds is 1. The SMILES string of the molecule is CNC(=O)N(C(C)=O)c1ccc(F)nc1. The molecule has 15 heavy (non-hydrogen) atoms. The number of anilines is 1. The summed E-state index contributed by atoms with van der Waals surface area (Å²) in [6.07, 6.45) is 1.12. The van der Waals surface area contributed by atoms with Crippen LogP contribution in [0.2, 0.25) is 0 Å². The number of pyridine rings is 1. The van der Waals surface area contributed by atoms with Gasteiger partial charge in [0.15, 0.2) is 0 Å². The third-order valence-electron chi connectivity index (χ3n) is 1.70. The van der Waals surface area contributed by atoms with Gasteiger partial charge < -0.3 is 5.32 Å². The van der Waals surface area contributed by atoms with Crippen LogP contribution in [0.25, 0.3) is 0 Å². The fourth-order valence-corrected chi connectivity index (χ4v) is 1.05. The number of nitrogens with one attached hydrogen (secondary N) is 1. The van der Waals surface area contributed by atoms with E-state index < -0.39 is 17.9 Å². The second-order valence-corrected chi connectivity index (χ2v) is 2.75. The predicted molar refractivity (Wildman–Crippen MR) is 51.8 cm³/mol. The van der Waals surface area contributed by atoms with Gasteiger partial charge in [-0.1, -0.05) is 0 Å². The van der Waals surface area contributed by atoms with E-state index in [9.17, 15) is 14.0 Å². The van der Waals surface area contributed by atoms with E-state index in [-0.39, 0.29) is 5.69 Å². The van der Waals surface area contributed by atoms with Gasteiger partial charge in [-0.25, -0.2) is 14.7 Å². The third kappa shape index (κ3) is 2.49. The van der Waals surface area contributed by atoms with E-state index in [0.717, 1.165) is 17.2 Å². The van der Waals surface area contributed by atoms with E-state index in [2.05, 4.69) is 10.3 Å². The molecule has 0 aliphatic rings. The molecule has 1 aromatic rings. The minimum absolute atomic E-state index is 0.225. The van der Waals surface area contributed by atoms with Crippen LogP contribution in [0, 0.1) is 5.95 Å². The fourth-order valence-electron chi connectivity index (χ4n) is 1.05. The molecule has 1 heterocycles. The Morgan fingerprint density at radius 2 is 2.13 bits per heavy atom. The van der Waals surface area contributed by atoms with Crippen molar-refractivity contribution < 1.29 is 14.0 Å². The van der Waals surface area contributed by atoms with E-state index in [4.69, 9.17) is 0 Å². The summed E-state index contributed by atoms with van der Waals surface area (Å²) in [6.45, 7) is 1.23. The molecule has 0 unspecified atom stereocenters. The zero-order chi connectivity index (χ0) is 11.4. The normalized spacial score (nSPS) is 9.53. The van der Waals surface area contributed by atoms with Gasteiger partial charge in [-0.2, -0.15) is 4.39 Å². The molecule has 0 spiro atoms. The topological polar surface area (TPSA) is 62.3 Å². The van der Waals surface area contributed by atoms with Crippen molar-refractivity contribution in [3.8, 4) is 0 Å². The smallest absolute Gasteiger partial charge is 0.328 e. The highest BCUT2D eigenvalue weighted by molar-refractivity contribution is 6.13. The molecule has 0 bridgehead atoms. The van der Waals surface area contributed by atoms with Crippen LogP contribution in [0.15, 0.2) is 18.3 Å². The maximum Gasteiger partial charge on any atom is 0.328 e. The van der Waals surface area contributed by atoms with Crippen LogP contribution >= 0.6 is 0 Å². The average molecular weight is 211 g/mol. The summed E-state index contributed by atoms with van der Waals surface area (Å²) in [5, 5.41) is 2.30. The van der Waals surface area contributed by atoms with Gasteiger partial charge in [0.25, 0.3) is 0 Å². The van der Waals surface area contributed by atoms with Gasteiger partial charge in [0.2, 0.25) is 11.9 Å². The number of nitrogens with zero attached hydrogens (tertiary/aromatic N) is 2. The molecule has 0 aliphatic heterocycles. The summed E-state index contributed by atoms with van der Waals surface area (Å²) in [5.41, 5.74) is 0.225. The van der Waals surface area contributed by atoms with Crippen molar-refractivity contribution >= 4 is 17.6 Å². The molecule has 3 amide bonds. The average Bonchev–Trinajstić information content (AvgIpc) is 2.20. The number of carbonyl (C=O) groups excluding carboxylic acids is 2. The van der Waals surface area contributed by atoms with E-state index in [0.29, 0.717) is 0 Å². The largest absolute Gasteiger partial charge is 0.340 e.